The van der Waals surface area contributed by atoms with Crippen LogP contribution >= 0.6 is 0 Å². The quantitative estimate of drug-likeness (QED) is 0.860. The van der Waals surface area contributed by atoms with E-state index >= 15 is 0 Å². The van der Waals surface area contributed by atoms with E-state index in [1.807, 2.05) is 30.3 Å². The van der Waals surface area contributed by atoms with Gasteiger partial charge in [-0.2, -0.15) is 0 Å². The zero-order valence-corrected chi connectivity index (χ0v) is 12.2. The monoisotopic (exact) mass is 283 g/mol. The van der Waals surface area contributed by atoms with Gasteiger partial charge in [0.1, 0.15) is 6.61 Å². The van der Waals surface area contributed by atoms with Crippen LogP contribution in [-0.2, 0) is 11.3 Å². The van der Waals surface area contributed by atoms with Crippen LogP contribution < -0.4 is 5.32 Å². The molecule has 1 aromatic carbocycles. The molecule has 0 saturated heterocycles. The molecule has 21 heavy (non-hydrogen) atoms. The van der Waals surface area contributed by atoms with Gasteiger partial charge in [-0.15, -0.1) is 6.42 Å². The van der Waals surface area contributed by atoms with Crippen molar-refractivity contribution in [3.8, 4) is 12.3 Å². The molecule has 0 heterocycles. The number of carbonyl (C=O) groups excluding carboxylic acids is 1. The minimum atomic E-state index is -0.311. The SMILES string of the molecule is C#CC12CCC(NC(=O)OCc3ccccc3)(CC1)CC2. The van der Waals surface area contributed by atoms with Crippen molar-refractivity contribution in [1.82, 2.24) is 5.32 Å². The number of amides is 1. The van der Waals surface area contributed by atoms with Gasteiger partial charge in [0.15, 0.2) is 0 Å². The second kappa shape index (κ2) is 5.44. The lowest BCUT2D eigenvalue weighted by Crippen LogP contribution is -2.56. The third-order valence-electron chi connectivity index (χ3n) is 5.13. The predicted octanol–water partition coefficient (Wildman–Crippen LogP) is 3.64. The second-order valence-electron chi connectivity index (χ2n) is 6.39. The van der Waals surface area contributed by atoms with Crippen LogP contribution in [0.25, 0.3) is 0 Å². The highest BCUT2D eigenvalue weighted by molar-refractivity contribution is 5.68. The van der Waals surface area contributed by atoms with Gasteiger partial charge in [0.2, 0.25) is 0 Å². The van der Waals surface area contributed by atoms with Crippen molar-refractivity contribution < 1.29 is 9.53 Å². The number of carbonyl (C=O) groups is 1. The largest absolute Gasteiger partial charge is 0.445 e. The molecule has 3 heteroatoms. The summed E-state index contributed by atoms with van der Waals surface area (Å²) < 4.78 is 5.34. The number of hydrogen-bond donors (Lipinski definition) is 1. The summed E-state index contributed by atoms with van der Waals surface area (Å²) in [7, 11) is 0. The van der Waals surface area contributed by atoms with Gasteiger partial charge in [-0.1, -0.05) is 36.3 Å². The number of terminal acetylenes is 1. The number of hydrogen-bond acceptors (Lipinski definition) is 2. The molecule has 0 atom stereocenters. The molecule has 0 spiro atoms. The Bertz CT molecular complexity index is 534. The van der Waals surface area contributed by atoms with Gasteiger partial charge in [-0.3, -0.25) is 0 Å². The minimum Gasteiger partial charge on any atom is -0.445 e. The molecule has 0 aliphatic heterocycles. The normalized spacial score (nSPS) is 30.4. The number of rotatable bonds is 3. The summed E-state index contributed by atoms with van der Waals surface area (Å²) in [6.07, 6.45) is 11.3. The van der Waals surface area contributed by atoms with Crippen molar-refractivity contribution in [2.24, 2.45) is 5.41 Å². The molecule has 1 N–H and O–H groups in total. The lowest BCUT2D eigenvalue weighted by Gasteiger charge is -2.51. The van der Waals surface area contributed by atoms with E-state index in [2.05, 4.69) is 11.2 Å². The molecule has 0 unspecified atom stereocenters. The molecule has 0 radical (unpaired) electrons. The predicted molar refractivity (Wildman–Crippen MR) is 81.5 cm³/mol. The van der Waals surface area contributed by atoms with Crippen LogP contribution in [0.5, 0.6) is 0 Å². The Morgan fingerprint density at radius 3 is 2.33 bits per heavy atom. The van der Waals surface area contributed by atoms with E-state index in [1.165, 1.54) is 0 Å². The van der Waals surface area contributed by atoms with Gasteiger partial charge < -0.3 is 10.1 Å². The first-order valence-electron chi connectivity index (χ1n) is 7.62. The highest BCUT2D eigenvalue weighted by atomic mass is 16.5. The molecule has 3 fully saturated rings. The van der Waals surface area contributed by atoms with Gasteiger partial charge in [0.25, 0.3) is 0 Å². The van der Waals surface area contributed by atoms with Crippen LogP contribution in [0.4, 0.5) is 4.79 Å². The summed E-state index contributed by atoms with van der Waals surface area (Å²) in [6, 6.07) is 9.74. The number of ether oxygens (including phenoxy) is 1. The highest BCUT2D eigenvalue weighted by Crippen LogP contribution is 2.51. The second-order valence-corrected chi connectivity index (χ2v) is 6.39. The Morgan fingerprint density at radius 1 is 1.14 bits per heavy atom. The first-order chi connectivity index (χ1) is 10.2. The average Bonchev–Trinajstić information content (AvgIpc) is 2.55. The van der Waals surface area contributed by atoms with Crippen LogP contribution in [0, 0.1) is 17.8 Å². The molecule has 2 bridgehead atoms. The summed E-state index contributed by atoms with van der Waals surface area (Å²) in [4.78, 5) is 12.0. The van der Waals surface area contributed by atoms with Crippen molar-refractivity contribution in [3.05, 3.63) is 35.9 Å². The minimum absolute atomic E-state index is 0.0909. The average molecular weight is 283 g/mol. The van der Waals surface area contributed by atoms with Crippen molar-refractivity contribution >= 4 is 6.09 Å². The maximum atomic E-state index is 12.0. The van der Waals surface area contributed by atoms with Crippen molar-refractivity contribution in [3.63, 3.8) is 0 Å². The van der Waals surface area contributed by atoms with Gasteiger partial charge in [-0.25, -0.2) is 4.79 Å². The van der Waals surface area contributed by atoms with E-state index in [0.29, 0.717) is 6.61 Å². The Hall–Kier alpha value is -1.95. The van der Waals surface area contributed by atoms with Crippen LogP contribution in [0.15, 0.2) is 30.3 Å². The third kappa shape index (κ3) is 2.90. The Morgan fingerprint density at radius 2 is 1.76 bits per heavy atom. The van der Waals surface area contributed by atoms with Crippen molar-refractivity contribution in [2.45, 2.75) is 50.7 Å². The van der Waals surface area contributed by atoms with E-state index in [-0.39, 0.29) is 17.0 Å². The van der Waals surface area contributed by atoms with Gasteiger partial charge in [0, 0.05) is 11.0 Å². The van der Waals surface area contributed by atoms with Gasteiger partial charge in [0.05, 0.1) is 0 Å². The van der Waals surface area contributed by atoms with Crippen LogP contribution in [0.1, 0.15) is 44.1 Å². The fourth-order valence-electron chi connectivity index (χ4n) is 3.57. The maximum absolute atomic E-state index is 12.0. The van der Waals surface area contributed by atoms with E-state index in [4.69, 9.17) is 11.2 Å². The first kappa shape index (κ1) is 14.0. The number of alkyl carbamates (subject to hydrolysis) is 1. The maximum Gasteiger partial charge on any atom is 0.407 e. The lowest BCUT2D eigenvalue weighted by molar-refractivity contribution is 0.0534. The number of nitrogens with one attached hydrogen (secondary N) is 1. The fourth-order valence-corrected chi connectivity index (χ4v) is 3.57. The zero-order chi connectivity index (χ0) is 14.8. The molecule has 3 nitrogen and oxygen atoms in total. The van der Waals surface area contributed by atoms with Gasteiger partial charge >= 0.3 is 6.09 Å². The Balaban J connectivity index is 1.53. The summed E-state index contributed by atoms with van der Waals surface area (Å²) in [5, 5.41) is 3.10. The third-order valence-corrected chi connectivity index (χ3v) is 5.13. The molecule has 1 amide bonds. The molecule has 3 saturated carbocycles. The molecular formula is C18H21NO2. The zero-order valence-electron chi connectivity index (χ0n) is 12.2. The highest BCUT2D eigenvalue weighted by Gasteiger charge is 2.48. The standard InChI is InChI=1S/C18H21NO2/c1-2-17-8-11-18(12-9-17,13-10-17)19-16(20)21-14-15-6-4-3-5-7-15/h1,3-7H,8-14H2,(H,19,20). The topological polar surface area (TPSA) is 38.3 Å². The summed E-state index contributed by atoms with van der Waals surface area (Å²) in [6.45, 7) is 0.317. The van der Waals surface area contributed by atoms with Crippen LogP contribution in [-0.4, -0.2) is 11.6 Å². The Labute approximate surface area is 126 Å². The molecule has 3 aliphatic carbocycles. The molecule has 4 rings (SSSR count). The summed E-state index contributed by atoms with van der Waals surface area (Å²) in [5.74, 6) is 2.98. The summed E-state index contributed by atoms with van der Waals surface area (Å²) >= 11 is 0. The van der Waals surface area contributed by atoms with Crippen molar-refractivity contribution in [2.75, 3.05) is 0 Å². The van der Waals surface area contributed by atoms with E-state index < -0.39 is 0 Å². The van der Waals surface area contributed by atoms with Crippen molar-refractivity contribution in [1.29, 1.82) is 0 Å². The summed E-state index contributed by atoms with van der Waals surface area (Å²) in [5.41, 5.74) is 1.01. The molecular weight excluding hydrogens is 262 g/mol. The fraction of sp³-hybridized carbons (Fsp3) is 0.500. The molecule has 110 valence electrons. The lowest BCUT2D eigenvalue weighted by atomic mass is 9.58. The van der Waals surface area contributed by atoms with E-state index in [1.54, 1.807) is 0 Å². The van der Waals surface area contributed by atoms with Crippen LogP contribution in [0.3, 0.4) is 0 Å². The molecule has 0 aromatic heterocycles. The van der Waals surface area contributed by atoms with Crippen LogP contribution in [0.2, 0.25) is 0 Å². The first-order valence-corrected chi connectivity index (χ1v) is 7.62. The smallest absolute Gasteiger partial charge is 0.407 e. The van der Waals surface area contributed by atoms with E-state index in [9.17, 15) is 4.79 Å². The number of benzene rings is 1. The van der Waals surface area contributed by atoms with Gasteiger partial charge in [-0.05, 0) is 44.1 Å². The Kier molecular flexibility index (Phi) is 3.63. The molecule has 3 aliphatic rings. The van der Waals surface area contributed by atoms with E-state index in [0.717, 1.165) is 44.1 Å². The molecule has 1 aromatic rings. The number of fused-ring (bicyclic) bond motifs is 3.